The van der Waals surface area contributed by atoms with Crippen LogP contribution in [-0.2, 0) is 20.6 Å². The zero-order chi connectivity index (χ0) is 15.3. The minimum absolute atomic E-state index is 0.0952. The maximum atomic E-state index is 12.0. The van der Waals surface area contributed by atoms with Gasteiger partial charge in [-0.15, -0.1) is 0 Å². The van der Waals surface area contributed by atoms with E-state index in [-0.39, 0.29) is 18.1 Å². The van der Waals surface area contributed by atoms with E-state index in [4.69, 9.17) is 5.11 Å². The van der Waals surface area contributed by atoms with Crippen molar-refractivity contribution < 1.29 is 18.3 Å². The Morgan fingerprint density at radius 2 is 2.00 bits per heavy atom. The molecule has 0 unspecified atom stereocenters. The largest absolute Gasteiger partial charge is 0.480 e. The second-order valence-electron chi connectivity index (χ2n) is 5.39. The van der Waals surface area contributed by atoms with Crippen molar-refractivity contribution in [3.8, 4) is 0 Å². The number of carboxylic acids is 1. The molecule has 0 saturated heterocycles. The fraction of sp³-hybridized carbons (Fsp3) is 0.500. The Bertz CT molecular complexity index is 566. The molecule has 6 heteroatoms. The molecule has 5 nitrogen and oxygen atoms in total. The Morgan fingerprint density at radius 3 is 2.50 bits per heavy atom. The van der Waals surface area contributed by atoms with Crippen molar-refractivity contribution in [2.75, 3.05) is 0 Å². The van der Waals surface area contributed by atoms with Crippen LogP contribution in [0.5, 0.6) is 0 Å². The molecule has 1 aromatic rings. The second kappa shape index (κ2) is 6.85. The van der Waals surface area contributed by atoms with Gasteiger partial charge in [-0.25, -0.2) is 13.1 Å². The summed E-state index contributed by atoms with van der Waals surface area (Å²) in [5.41, 5.74) is 1.61. The van der Waals surface area contributed by atoms with E-state index >= 15 is 0 Å². The lowest BCUT2D eigenvalue weighted by molar-refractivity contribution is -0.139. The van der Waals surface area contributed by atoms with Crippen LogP contribution in [0.25, 0.3) is 0 Å². The molecule has 0 heterocycles. The first-order chi connectivity index (χ1) is 9.19. The Labute approximate surface area is 120 Å². The standard InChI is InChI=1S/C14H21NO4S/c1-10(2)7-13(14(16)17)15-20(18,19)9-12-6-4-5-11(3)8-12/h4-6,8,10,13,15H,7,9H2,1-3H3,(H,16,17)/t13-/m0/s1. The monoisotopic (exact) mass is 299 g/mol. The molecule has 0 aliphatic carbocycles. The highest BCUT2D eigenvalue weighted by Crippen LogP contribution is 2.11. The number of carbonyl (C=O) groups is 1. The van der Waals surface area contributed by atoms with Crippen LogP contribution in [0.1, 0.15) is 31.4 Å². The molecular formula is C14H21NO4S. The predicted octanol–water partition coefficient (Wildman–Crippen LogP) is 1.91. The lowest BCUT2D eigenvalue weighted by Crippen LogP contribution is -2.42. The molecule has 1 atom stereocenters. The molecule has 0 aliphatic heterocycles. The van der Waals surface area contributed by atoms with E-state index in [0.29, 0.717) is 5.56 Å². The van der Waals surface area contributed by atoms with Crippen molar-refractivity contribution in [3.05, 3.63) is 35.4 Å². The summed E-state index contributed by atoms with van der Waals surface area (Å²) in [4.78, 5) is 11.1. The molecule has 0 fully saturated rings. The summed E-state index contributed by atoms with van der Waals surface area (Å²) in [7, 11) is -3.67. The molecule has 1 rings (SSSR count). The molecular weight excluding hydrogens is 278 g/mol. The molecule has 0 aromatic heterocycles. The van der Waals surface area contributed by atoms with Crippen LogP contribution in [0.15, 0.2) is 24.3 Å². The highest BCUT2D eigenvalue weighted by molar-refractivity contribution is 7.88. The first-order valence-electron chi connectivity index (χ1n) is 6.48. The van der Waals surface area contributed by atoms with Gasteiger partial charge < -0.3 is 5.11 Å². The number of rotatable bonds is 7. The summed E-state index contributed by atoms with van der Waals surface area (Å²) in [5, 5.41) is 9.07. The third kappa shape index (κ3) is 5.71. The van der Waals surface area contributed by atoms with Gasteiger partial charge in [-0.1, -0.05) is 43.7 Å². The van der Waals surface area contributed by atoms with Crippen LogP contribution in [0.2, 0.25) is 0 Å². The van der Waals surface area contributed by atoms with Crippen LogP contribution < -0.4 is 4.72 Å². The lowest BCUT2D eigenvalue weighted by atomic mass is 10.1. The summed E-state index contributed by atoms with van der Waals surface area (Å²) in [5.74, 6) is -1.26. The first-order valence-corrected chi connectivity index (χ1v) is 8.13. The van der Waals surface area contributed by atoms with E-state index in [1.54, 1.807) is 18.2 Å². The topological polar surface area (TPSA) is 83.5 Å². The highest BCUT2D eigenvalue weighted by atomic mass is 32.2. The third-order valence-corrected chi connectivity index (χ3v) is 4.12. The summed E-state index contributed by atoms with van der Waals surface area (Å²) < 4.78 is 26.3. The Hall–Kier alpha value is -1.40. The quantitative estimate of drug-likeness (QED) is 0.805. The van der Waals surface area contributed by atoms with Gasteiger partial charge in [0.25, 0.3) is 0 Å². The molecule has 112 valence electrons. The molecule has 0 radical (unpaired) electrons. The summed E-state index contributed by atoms with van der Waals surface area (Å²) in [6.45, 7) is 5.58. The molecule has 2 N–H and O–H groups in total. The Morgan fingerprint density at radius 1 is 1.35 bits per heavy atom. The van der Waals surface area contributed by atoms with Gasteiger partial charge in [-0.3, -0.25) is 4.79 Å². The number of benzene rings is 1. The van der Waals surface area contributed by atoms with Crippen molar-refractivity contribution in [2.45, 2.75) is 39.0 Å². The Kier molecular flexibility index (Phi) is 5.71. The van der Waals surface area contributed by atoms with Crippen molar-refractivity contribution in [1.29, 1.82) is 0 Å². The van der Waals surface area contributed by atoms with Gasteiger partial charge in [-0.05, 0) is 24.8 Å². The lowest BCUT2D eigenvalue weighted by Gasteiger charge is -2.16. The van der Waals surface area contributed by atoms with E-state index in [1.807, 2.05) is 26.8 Å². The number of hydrogen-bond donors (Lipinski definition) is 2. The van der Waals surface area contributed by atoms with Gasteiger partial charge in [0.05, 0.1) is 5.75 Å². The van der Waals surface area contributed by atoms with Crippen LogP contribution >= 0.6 is 0 Å². The van der Waals surface area contributed by atoms with Crippen LogP contribution in [0.3, 0.4) is 0 Å². The van der Waals surface area contributed by atoms with Gasteiger partial charge >= 0.3 is 5.97 Å². The average Bonchev–Trinajstić information content (AvgIpc) is 2.26. The van der Waals surface area contributed by atoms with Crippen molar-refractivity contribution in [1.82, 2.24) is 4.72 Å². The van der Waals surface area contributed by atoms with Crippen molar-refractivity contribution in [2.24, 2.45) is 5.92 Å². The summed E-state index contributed by atoms with van der Waals surface area (Å²) >= 11 is 0. The van der Waals surface area contributed by atoms with E-state index in [1.165, 1.54) is 0 Å². The van der Waals surface area contributed by atoms with Gasteiger partial charge in [0.2, 0.25) is 10.0 Å². The fourth-order valence-corrected chi connectivity index (χ4v) is 3.28. The minimum atomic E-state index is -3.67. The normalized spacial score (nSPS) is 13.4. The SMILES string of the molecule is Cc1cccc(CS(=O)(=O)N[C@@H](CC(C)C)C(=O)O)c1. The van der Waals surface area contributed by atoms with E-state index in [2.05, 4.69) is 4.72 Å². The zero-order valence-electron chi connectivity index (χ0n) is 12.0. The van der Waals surface area contributed by atoms with E-state index < -0.39 is 22.0 Å². The van der Waals surface area contributed by atoms with Gasteiger partial charge in [-0.2, -0.15) is 0 Å². The highest BCUT2D eigenvalue weighted by Gasteiger charge is 2.24. The number of nitrogens with one attached hydrogen (secondary N) is 1. The van der Waals surface area contributed by atoms with Crippen LogP contribution in [0.4, 0.5) is 0 Å². The van der Waals surface area contributed by atoms with Crippen molar-refractivity contribution in [3.63, 3.8) is 0 Å². The molecule has 20 heavy (non-hydrogen) atoms. The van der Waals surface area contributed by atoms with Crippen LogP contribution in [0, 0.1) is 12.8 Å². The molecule has 0 amide bonds. The minimum Gasteiger partial charge on any atom is -0.480 e. The first kappa shape index (κ1) is 16.7. The number of aliphatic carboxylic acids is 1. The van der Waals surface area contributed by atoms with E-state index in [0.717, 1.165) is 5.56 Å². The number of hydrogen-bond acceptors (Lipinski definition) is 3. The average molecular weight is 299 g/mol. The van der Waals surface area contributed by atoms with Gasteiger partial charge in [0, 0.05) is 0 Å². The number of carboxylic acid groups (broad SMARTS) is 1. The third-order valence-electron chi connectivity index (χ3n) is 2.77. The fourth-order valence-electron chi connectivity index (χ4n) is 1.95. The molecule has 1 aromatic carbocycles. The van der Waals surface area contributed by atoms with E-state index in [9.17, 15) is 13.2 Å². The Balaban J connectivity index is 2.80. The maximum absolute atomic E-state index is 12.0. The summed E-state index contributed by atoms with van der Waals surface area (Å²) in [6.07, 6.45) is 0.266. The summed E-state index contributed by atoms with van der Waals surface area (Å²) in [6, 6.07) is 6.07. The number of aryl methyl sites for hydroxylation is 1. The molecule has 0 saturated carbocycles. The molecule has 0 bridgehead atoms. The second-order valence-corrected chi connectivity index (χ2v) is 7.14. The molecule has 0 aliphatic rings. The molecule has 0 spiro atoms. The van der Waals surface area contributed by atoms with Crippen molar-refractivity contribution >= 4 is 16.0 Å². The zero-order valence-corrected chi connectivity index (χ0v) is 12.8. The predicted molar refractivity (Wildman–Crippen MR) is 77.8 cm³/mol. The number of sulfonamides is 1. The smallest absolute Gasteiger partial charge is 0.321 e. The maximum Gasteiger partial charge on any atom is 0.321 e. The van der Waals surface area contributed by atoms with Gasteiger partial charge in [0.1, 0.15) is 6.04 Å². The van der Waals surface area contributed by atoms with Gasteiger partial charge in [0.15, 0.2) is 0 Å². The van der Waals surface area contributed by atoms with Crippen LogP contribution in [-0.4, -0.2) is 25.5 Å².